The Balaban J connectivity index is 1.30. The molecule has 0 aliphatic carbocycles. The van der Waals surface area contributed by atoms with Crippen molar-refractivity contribution in [1.82, 2.24) is 14.8 Å². The van der Waals surface area contributed by atoms with E-state index >= 15 is 0 Å². The molecule has 10 heteroatoms. The van der Waals surface area contributed by atoms with Crippen LogP contribution in [0.3, 0.4) is 0 Å². The number of piperazine rings is 1. The summed E-state index contributed by atoms with van der Waals surface area (Å²) in [6, 6.07) is 14.9. The van der Waals surface area contributed by atoms with Crippen molar-refractivity contribution in [3.05, 3.63) is 68.9 Å². The molecular formula is C33H44Cl2N4O4. The monoisotopic (exact) mass is 630 g/mol. The molecule has 1 aromatic heterocycles. The van der Waals surface area contributed by atoms with E-state index in [9.17, 15) is 9.59 Å². The van der Waals surface area contributed by atoms with Gasteiger partial charge in [0.15, 0.2) is 6.23 Å². The van der Waals surface area contributed by atoms with Crippen LogP contribution in [0.2, 0.25) is 10.0 Å². The number of fused-ring (bicyclic) bond motifs is 1. The van der Waals surface area contributed by atoms with Crippen molar-refractivity contribution < 1.29 is 14.3 Å². The van der Waals surface area contributed by atoms with E-state index < -0.39 is 6.23 Å². The second kappa shape index (κ2) is 16.3. The fourth-order valence-corrected chi connectivity index (χ4v) is 5.75. The Hall–Kier alpha value is -2.78. The summed E-state index contributed by atoms with van der Waals surface area (Å²) in [4.78, 5) is 30.4. The van der Waals surface area contributed by atoms with Crippen LogP contribution in [0.1, 0.15) is 52.7 Å². The van der Waals surface area contributed by atoms with Gasteiger partial charge in [0.2, 0.25) is 0 Å². The fraction of sp³-hybridized carbons (Fsp3) is 0.515. The van der Waals surface area contributed by atoms with E-state index in [1.165, 1.54) is 6.07 Å². The first-order valence-corrected chi connectivity index (χ1v) is 16.1. The van der Waals surface area contributed by atoms with Gasteiger partial charge in [-0.1, -0.05) is 50.0 Å². The second-order valence-electron chi connectivity index (χ2n) is 11.3. The zero-order valence-corrected chi connectivity index (χ0v) is 27.0. The highest BCUT2D eigenvalue weighted by atomic mass is 35.5. The molecule has 0 saturated carbocycles. The topological polar surface area (TPSA) is 76.0 Å². The third-order valence-electron chi connectivity index (χ3n) is 7.70. The summed E-state index contributed by atoms with van der Waals surface area (Å²) in [5.41, 5.74) is 1.48. The standard InChI is InChI=1S/C33H44Cl2N4O4/c1-4-15-36-16-14-31(41)43-33(24(2)3)39-29-23-26(12-10-25(29)11-13-30(39)40)42-22-6-5-17-37-18-20-38(21-19-37)28-9-7-8-27(34)32(28)35/h7-13,23-24,33,36H,4-6,14-22H2,1-3H3. The Morgan fingerprint density at radius 1 is 1.00 bits per heavy atom. The van der Waals surface area contributed by atoms with Gasteiger partial charge >= 0.3 is 5.97 Å². The number of pyridine rings is 1. The van der Waals surface area contributed by atoms with Gasteiger partial charge in [0.1, 0.15) is 5.75 Å². The molecule has 0 radical (unpaired) electrons. The Kier molecular flexibility index (Phi) is 12.6. The first-order chi connectivity index (χ1) is 20.8. The molecule has 1 N–H and O–H groups in total. The van der Waals surface area contributed by atoms with Crippen molar-refractivity contribution in [2.24, 2.45) is 5.92 Å². The van der Waals surface area contributed by atoms with Crippen molar-refractivity contribution >= 4 is 45.8 Å². The number of nitrogens with zero attached hydrogens (tertiary/aromatic N) is 3. The second-order valence-corrected chi connectivity index (χ2v) is 12.1. The molecule has 0 spiro atoms. The van der Waals surface area contributed by atoms with Gasteiger partial charge in [0.05, 0.1) is 34.3 Å². The summed E-state index contributed by atoms with van der Waals surface area (Å²) in [6.45, 7) is 12.7. The Morgan fingerprint density at radius 3 is 2.51 bits per heavy atom. The van der Waals surface area contributed by atoms with E-state index in [0.717, 1.165) is 69.6 Å². The smallest absolute Gasteiger partial charge is 0.309 e. The third-order valence-corrected chi connectivity index (χ3v) is 8.50. The van der Waals surface area contributed by atoms with E-state index in [2.05, 4.69) is 22.0 Å². The lowest BCUT2D eigenvalue weighted by molar-refractivity contribution is -0.157. The van der Waals surface area contributed by atoms with Crippen LogP contribution < -0.4 is 20.5 Å². The molecular weight excluding hydrogens is 587 g/mol. The summed E-state index contributed by atoms with van der Waals surface area (Å²) in [7, 11) is 0. The van der Waals surface area contributed by atoms with Crippen molar-refractivity contribution in [3.8, 4) is 5.75 Å². The maximum absolute atomic E-state index is 13.1. The van der Waals surface area contributed by atoms with E-state index in [1.54, 1.807) is 10.6 Å². The number of esters is 1. The highest BCUT2D eigenvalue weighted by molar-refractivity contribution is 6.43. The number of halogens is 2. The number of anilines is 1. The SMILES string of the molecule is CCCNCCC(=O)OC(C(C)C)n1c(=O)ccc2ccc(OCCCCN3CCN(c4cccc(Cl)c4Cl)CC3)cc21. The van der Waals surface area contributed by atoms with Crippen LogP contribution in [0, 0.1) is 5.92 Å². The molecule has 3 aromatic rings. The van der Waals surface area contributed by atoms with Crippen LogP contribution in [-0.4, -0.2) is 67.9 Å². The average molecular weight is 632 g/mol. The number of benzene rings is 2. The van der Waals surface area contributed by atoms with Crippen LogP contribution in [0.15, 0.2) is 53.3 Å². The summed E-state index contributed by atoms with van der Waals surface area (Å²) in [5, 5.41) is 5.31. The summed E-state index contributed by atoms with van der Waals surface area (Å²) < 4.78 is 13.5. The molecule has 2 heterocycles. The quantitative estimate of drug-likeness (QED) is 0.154. The van der Waals surface area contributed by atoms with Gasteiger partial charge in [-0.05, 0) is 68.1 Å². The highest BCUT2D eigenvalue weighted by Crippen LogP contribution is 2.33. The molecule has 1 fully saturated rings. The summed E-state index contributed by atoms with van der Waals surface area (Å²) in [6.07, 6.45) is 2.48. The number of nitrogens with one attached hydrogen (secondary N) is 1. The number of rotatable bonds is 15. The number of hydrogen-bond donors (Lipinski definition) is 1. The summed E-state index contributed by atoms with van der Waals surface area (Å²) >= 11 is 12.6. The molecule has 1 atom stereocenters. The van der Waals surface area contributed by atoms with Crippen molar-refractivity contribution in [1.29, 1.82) is 0 Å². The fourth-order valence-electron chi connectivity index (χ4n) is 5.33. The molecule has 1 aliphatic heterocycles. The molecule has 234 valence electrons. The minimum Gasteiger partial charge on any atom is -0.494 e. The highest BCUT2D eigenvalue weighted by Gasteiger charge is 2.23. The minimum absolute atomic E-state index is 0.0928. The van der Waals surface area contributed by atoms with Gasteiger partial charge in [0, 0.05) is 50.8 Å². The van der Waals surface area contributed by atoms with E-state index in [-0.39, 0.29) is 23.9 Å². The van der Waals surface area contributed by atoms with Gasteiger partial charge in [-0.2, -0.15) is 0 Å². The molecule has 2 aromatic carbocycles. The van der Waals surface area contributed by atoms with E-state index in [1.807, 2.05) is 50.2 Å². The molecule has 1 aliphatic rings. The third kappa shape index (κ3) is 9.11. The predicted octanol–water partition coefficient (Wildman–Crippen LogP) is 6.38. The lowest BCUT2D eigenvalue weighted by atomic mass is 10.1. The summed E-state index contributed by atoms with van der Waals surface area (Å²) in [5.74, 6) is 0.273. The maximum atomic E-state index is 13.1. The van der Waals surface area contributed by atoms with Crippen molar-refractivity contribution in [2.75, 3.05) is 57.3 Å². The van der Waals surface area contributed by atoms with Crippen LogP contribution in [0.5, 0.6) is 5.75 Å². The first-order valence-electron chi connectivity index (χ1n) is 15.4. The maximum Gasteiger partial charge on any atom is 0.309 e. The van der Waals surface area contributed by atoms with Crippen molar-refractivity contribution in [2.45, 2.75) is 52.7 Å². The van der Waals surface area contributed by atoms with Crippen molar-refractivity contribution in [3.63, 3.8) is 0 Å². The zero-order valence-electron chi connectivity index (χ0n) is 25.5. The average Bonchev–Trinajstić information content (AvgIpc) is 3.00. The predicted molar refractivity (Wildman–Crippen MR) is 176 cm³/mol. The largest absolute Gasteiger partial charge is 0.494 e. The van der Waals surface area contributed by atoms with Crippen LogP contribution in [0.4, 0.5) is 5.69 Å². The van der Waals surface area contributed by atoms with Gasteiger partial charge in [0.25, 0.3) is 5.56 Å². The number of hydrogen-bond acceptors (Lipinski definition) is 7. The Morgan fingerprint density at radius 2 is 1.77 bits per heavy atom. The number of unbranched alkanes of at least 4 members (excludes halogenated alkanes) is 1. The normalized spacial score (nSPS) is 14.8. The number of ether oxygens (including phenoxy) is 2. The molecule has 0 amide bonds. The van der Waals surface area contributed by atoms with Gasteiger partial charge in [-0.3, -0.25) is 19.1 Å². The molecule has 1 saturated heterocycles. The van der Waals surface area contributed by atoms with E-state index in [4.69, 9.17) is 32.7 Å². The molecule has 43 heavy (non-hydrogen) atoms. The molecule has 0 bridgehead atoms. The van der Waals surface area contributed by atoms with Gasteiger partial charge in [-0.25, -0.2) is 0 Å². The van der Waals surface area contributed by atoms with Crippen LogP contribution >= 0.6 is 23.2 Å². The number of carbonyl (C=O) groups is 1. The molecule has 4 rings (SSSR count). The Bertz CT molecular complexity index is 1410. The van der Waals surface area contributed by atoms with Gasteiger partial charge < -0.3 is 19.7 Å². The lowest BCUT2D eigenvalue weighted by Gasteiger charge is -2.36. The molecule has 8 nitrogen and oxygen atoms in total. The number of carbonyl (C=O) groups excluding carboxylic acids is 1. The Labute approximate surface area is 264 Å². The number of aromatic nitrogens is 1. The van der Waals surface area contributed by atoms with Crippen LogP contribution in [-0.2, 0) is 9.53 Å². The molecule has 1 unspecified atom stereocenters. The van der Waals surface area contributed by atoms with E-state index in [0.29, 0.717) is 34.5 Å². The van der Waals surface area contributed by atoms with Crippen LogP contribution in [0.25, 0.3) is 10.9 Å². The lowest BCUT2D eigenvalue weighted by Crippen LogP contribution is -2.46. The first kappa shape index (κ1) is 33.1. The zero-order chi connectivity index (χ0) is 30.8. The minimum atomic E-state index is -0.708. The van der Waals surface area contributed by atoms with Gasteiger partial charge in [-0.15, -0.1) is 0 Å².